The van der Waals surface area contributed by atoms with Crippen LogP contribution in [0.1, 0.15) is 19.4 Å². The van der Waals surface area contributed by atoms with Crippen LogP contribution in [0.2, 0.25) is 0 Å². The molecule has 1 rings (SSSR count). The van der Waals surface area contributed by atoms with Crippen molar-refractivity contribution in [1.82, 2.24) is 4.72 Å². The molecule has 0 radical (unpaired) electrons. The van der Waals surface area contributed by atoms with Gasteiger partial charge in [0.1, 0.15) is 6.07 Å². The predicted molar refractivity (Wildman–Crippen MR) is 72.9 cm³/mol. The molecule has 9 heteroatoms. The molecule has 0 aliphatic heterocycles. The first-order chi connectivity index (χ1) is 9.23. The standard InChI is InChI=1S/C11H14N4O4S/c1-7(2)19-11(16)15-20(17,18)14-10-4-3-9(13)5-8(10)6-12/h3-5,7,14H,13H2,1-2H3,(H,15,16). The van der Waals surface area contributed by atoms with E-state index in [9.17, 15) is 13.2 Å². The topological polar surface area (TPSA) is 134 Å². The van der Waals surface area contributed by atoms with Crippen molar-refractivity contribution < 1.29 is 17.9 Å². The molecular formula is C11H14N4O4S. The molecule has 0 spiro atoms. The summed E-state index contributed by atoms with van der Waals surface area (Å²) in [6, 6.07) is 5.85. The van der Waals surface area contributed by atoms with Crippen molar-refractivity contribution in [3.8, 4) is 6.07 Å². The molecule has 0 heterocycles. The summed E-state index contributed by atoms with van der Waals surface area (Å²) >= 11 is 0. The Kier molecular flexibility index (Phi) is 4.77. The number of nitrogens with one attached hydrogen (secondary N) is 2. The van der Waals surface area contributed by atoms with E-state index >= 15 is 0 Å². The van der Waals surface area contributed by atoms with Gasteiger partial charge in [0, 0.05) is 5.69 Å². The van der Waals surface area contributed by atoms with Gasteiger partial charge in [0.15, 0.2) is 0 Å². The number of nitrogen functional groups attached to an aromatic ring is 1. The molecule has 0 atom stereocenters. The Morgan fingerprint density at radius 2 is 2.10 bits per heavy atom. The Morgan fingerprint density at radius 1 is 1.45 bits per heavy atom. The van der Waals surface area contributed by atoms with E-state index in [4.69, 9.17) is 11.0 Å². The summed E-state index contributed by atoms with van der Waals surface area (Å²) in [5.41, 5.74) is 5.84. The number of ether oxygens (including phenoxy) is 1. The number of amides is 1. The van der Waals surface area contributed by atoms with Crippen LogP contribution in [0.15, 0.2) is 18.2 Å². The van der Waals surface area contributed by atoms with Crippen molar-refractivity contribution in [2.45, 2.75) is 20.0 Å². The number of benzene rings is 1. The van der Waals surface area contributed by atoms with Crippen LogP contribution in [0, 0.1) is 11.3 Å². The lowest BCUT2D eigenvalue weighted by atomic mass is 10.2. The van der Waals surface area contributed by atoms with Crippen LogP contribution < -0.4 is 15.2 Å². The highest BCUT2D eigenvalue weighted by atomic mass is 32.2. The van der Waals surface area contributed by atoms with Gasteiger partial charge in [-0.25, -0.2) is 9.52 Å². The number of nitrogens with zero attached hydrogens (tertiary/aromatic N) is 1. The average molecular weight is 298 g/mol. The van der Waals surface area contributed by atoms with E-state index in [0.717, 1.165) is 0 Å². The second kappa shape index (κ2) is 6.12. The second-order valence-electron chi connectivity index (χ2n) is 4.08. The lowest BCUT2D eigenvalue weighted by molar-refractivity contribution is 0.121. The second-order valence-corrected chi connectivity index (χ2v) is 5.49. The van der Waals surface area contributed by atoms with E-state index in [1.54, 1.807) is 24.6 Å². The number of nitriles is 1. The highest BCUT2D eigenvalue weighted by Gasteiger charge is 2.17. The number of hydrogen-bond donors (Lipinski definition) is 3. The van der Waals surface area contributed by atoms with E-state index in [0.29, 0.717) is 5.69 Å². The van der Waals surface area contributed by atoms with Crippen molar-refractivity contribution in [3.63, 3.8) is 0 Å². The van der Waals surface area contributed by atoms with Gasteiger partial charge >= 0.3 is 16.3 Å². The van der Waals surface area contributed by atoms with Crippen molar-refractivity contribution in [1.29, 1.82) is 5.26 Å². The van der Waals surface area contributed by atoms with Crippen molar-refractivity contribution in [3.05, 3.63) is 23.8 Å². The van der Waals surface area contributed by atoms with E-state index in [1.807, 2.05) is 0 Å². The maximum Gasteiger partial charge on any atom is 0.422 e. The Morgan fingerprint density at radius 3 is 2.65 bits per heavy atom. The monoisotopic (exact) mass is 298 g/mol. The number of anilines is 2. The Bertz CT molecular complexity index is 649. The number of carbonyl (C=O) groups excluding carboxylic acids is 1. The first-order valence-corrected chi connectivity index (χ1v) is 7.02. The highest BCUT2D eigenvalue weighted by molar-refractivity contribution is 7.91. The molecule has 0 saturated carbocycles. The van der Waals surface area contributed by atoms with Crippen LogP contribution in [0.4, 0.5) is 16.2 Å². The van der Waals surface area contributed by atoms with Crippen LogP contribution in [0.25, 0.3) is 0 Å². The molecule has 108 valence electrons. The fraction of sp³-hybridized carbons (Fsp3) is 0.273. The first-order valence-electron chi connectivity index (χ1n) is 5.54. The Balaban J connectivity index is 2.87. The molecule has 0 aliphatic rings. The molecule has 1 aromatic carbocycles. The molecule has 0 aliphatic carbocycles. The molecule has 0 aromatic heterocycles. The molecule has 0 bridgehead atoms. The molecule has 4 N–H and O–H groups in total. The molecular weight excluding hydrogens is 284 g/mol. The summed E-state index contributed by atoms with van der Waals surface area (Å²) in [5.74, 6) is 0. The molecule has 20 heavy (non-hydrogen) atoms. The van der Waals surface area contributed by atoms with Crippen LogP contribution in [-0.2, 0) is 14.9 Å². The molecule has 1 aromatic rings. The predicted octanol–water partition coefficient (Wildman–Crippen LogP) is 0.932. The summed E-state index contributed by atoms with van der Waals surface area (Å²) in [4.78, 5) is 11.2. The zero-order chi connectivity index (χ0) is 15.3. The third-order valence-electron chi connectivity index (χ3n) is 1.97. The van der Waals surface area contributed by atoms with Crippen molar-refractivity contribution in [2.75, 3.05) is 10.5 Å². The minimum absolute atomic E-state index is 0.00606. The third kappa shape index (κ3) is 4.66. The summed E-state index contributed by atoms with van der Waals surface area (Å²) in [6.45, 7) is 3.15. The normalized spacial score (nSPS) is 10.7. The fourth-order valence-corrected chi connectivity index (χ4v) is 2.05. The van der Waals surface area contributed by atoms with Gasteiger partial charge in [-0.2, -0.15) is 13.7 Å². The summed E-state index contributed by atoms with van der Waals surface area (Å²) < 4.78 is 31.7. The largest absolute Gasteiger partial charge is 0.446 e. The quantitative estimate of drug-likeness (QED) is 0.708. The van der Waals surface area contributed by atoms with Gasteiger partial charge in [-0.1, -0.05) is 0 Å². The van der Waals surface area contributed by atoms with Gasteiger partial charge in [-0.05, 0) is 32.0 Å². The number of carbonyl (C=O) groups is 1. The molecule has 8 nitrogen and oxygen atoms in total. The maximum absolute atomic E-state index is 11.7. The van der Waals surface area contributed by atoms with Gasteiger partial charge in [0.2, 0.25) is 0 Å². The fourth-order valence-electron chi connectivity index (χ4n) is 1.26. The van der Waals surface area contributed by atoms with E-state index in [-0.39, 0.29) is 11.3 Å². The highest BCUT2D eigenvalue weighted by Crippen LogP contribution is 2.18. The van der Waals surface area contributed by atoms with Gasteiger partial charge in [-0.15, -0.1) is 0 Å². The first kappa shape index (κ1) is 15.6. The Hall–Kier alpha value is -2.47. The van der Waals surface area contributed by atoms with Gasteiger partial charge in [-0.3, -0.25) is 4.72 Å². The third-order valence-corrected chi connectivity index (χ3v) is 2.89. The zero-order valence-corrected chi connectivity index (χ0v) is 11.7. The van der Waals surface area contributed by atoms with Crippen LogP contribution >= 0.6 is 0 Å². The number of rotatable bonds is 4. The molecule has 1 amide bonds. The van der Waals surface area contributed by atoms with E-state index in [2.05, 4.69) is 9.46 Å². The zero-order valence-electron chi connectivity index (χ0n) is 10.9. The number of hydrogen-bond acceptors (Lipinski definition) is 6. The van der Waals surface area contributed by atoms with Crippen LogP contribution in [0.5, 0.6) is 0 Å². The molecule has 0 saturated heterocycles. The number of nitrogens with two attached hydrogens (primary N) is 1. The summed E-state index contributed by atoms with van der Waals surface area (Å²) in [6.07, 6.45) is -1.57. The minimum Gasteiger partial charge on any atom is -0.446 e. The lowest BCUT2D eigenvalue weighted by Crippen LogP contribution is -2.37. The van der Waals surface area contributed by atoms with Gasteiger partial charge in [0.25, 0.3) is 0 Å². The minimum atomic E-state index is -4.19. The van der Waals surface area contributed by atoms with Gasteiger partial charge in [0.05, 0.1) is 17.4 Å². The average Bonchev–Trinajstić information content (AvgIpc) is 2.29. The molecule has 0 fully saturated rings. The summed E-state index contributed by atoms with van der Waals surface area (Å²) in [7, 11) is -4.19. The van der Waals surface area contributed by atoms with Crippen LogP contribution in [0.3, 0.4) is 0 Å². The summed E-state index contributed by atoms with van der Waals surface area (Å²) in [5, 5.41) is 8.89. The lowest BCUT2D eigenvalue weighted by Gasteiger charge is -2.12. The van der Waals surface area contributed by atoms with Crippen LogP contribution in [-0.4, -0.2) is 20.6 Å². The SMILES string of the molecule is CC(C)OC(=O)NS(=O)(=O)Nc1ccc(N)cc1C#N. The van der Waals surface area contributed by atoms with Crippen molar-refractivity contribution >= 4 is 27.7 Å². The molecule has 0 unspecified atom stereocenters. The Labute approximate surface area is 116 Å². The van der Waals surface area contributed by atoms with E-state index < -0.39 is 22.4 Å². The van der Waals surface area contributed by atoms with Crippen molar-refractivity contribution in [2.24, 2.45) is 0 Å². The maximum atomic E-state index is 11.7. The van der Waals surface area contributed by atoms with Gasteiger partial charge < -0.3 is 10.5 Å². The van der Waals surface area contributed by atoms with E-state index in [1.165, 1.54) is 18.2 Å². The smallest absolute Gasteiger partial charge is 0.422 e.